The first-order valence-electron chi connectivity index (χ1n) is 4.54. The zero-order valence-electron chi connectivity index (χ0n) is 7.36. The van der Waals surface area contributed by atoms with Crippen LogP contribution in [0.25, 0.3) is 0 Å². The Morgan fingerprint density at radius 2 is 2.15 bits per heavy atom. The third-order valence-corrected chi connectivity index (χ3v) is 2.57. The van der Waals surface area contributed by atoms with Crippen LogP contribution in [0.1, 0.15) is 18.4 Å². The molecule has 68 valence electrons. The van der Waals surface area contributed by atoms with Crippen molar-refractivity contribution in [3.8, 4) is 0 Å². The van der Waals surface area contributed by atoms with Gasteiger partial charge >= 0.3 is 0 Å². The highest BCUT2D eigenvalue weighted by Gasteiger charge is 2.20. The zero-order chi connectivity index (χ0) is 9.10. The normalized spacial score (nSPS) is 15.4. The highest BCUT2D eigenvalue weighted by molar-refractivity contribution is 7.80. The van der Waals surface area contributed by atoms with Crippen LogP contribution in [0.3, 0.4) is 0 Å². The molecule has 3 heteroatoms. The molecule has 0 spiro atoms. The van der Waals surface area contributed by atoms with E-state index in [0.717, 1.165) is 23.0 Å². The van der Waals surface area contributed by atoms with Crippen LogP contribution in [0.4, 0.5) is 0 Å². The maximum Gasteiger partial charge on any atom is 0.106 e. The second-order valence-electron chi connectivity index (χ2n) is 3.39. The summed E-state index contributed by atoms with van der Waals surface area (Å²) in [6.45, 7) is 1.03. The maximum absolute atomic E-state index is 5.23. The number of rotatable bonds is 3. The summed E-state index contributed by atoms with van der Waals surface area (Å²) in [7, 11) is 0. The molecule has 1 saturated carbocycles. The number of hydrogen-bond acceptors (Lipinski definition) is 2. The third-order valence-electron chi connectivity index (χ3n) is 2.19. The van der Waals surface area contributed by atoms with Gasteiger partial charge in [0.15, 0.2) is 0 Å². The smallest absolute Gasteiger partial charge is 0.106 e. The summed E-state index contributed by atoms with van der Waals surface area (Å²) in [5.41, 5.74) is 1.06. The topological polar surface area (TPSA) is 24.9 Å². The molecule has 1 heterocycles. The summed E-state index contributed by atoms with van der Waals surface area (Å²) in [5.74, 6) is 0.861. The Balaban J connectivity index is 1.89. The first-order chi connectivity index (χ1) is 6.36. The van der Waals surface area contributed by atoms with Crippen LogP contribution in [-0.2, 0) is 0 Å². The fourth-order valence-electron chi connectivity index (χ4n) is 1.16. The van der Waals surface area contributed by atoms with Gasteiger partial charge in [0.2, 0.25) is 0 Å². The van der Waals surface area contributed by atoms with Gasteiger partial charge in [0.25, 0.3) is 0 Å². The van der Waals surface area contributed by atoms with Gasteiger partial charge in [-0.2, -0.15) is 0 Å². The number of aromatic nitrogens is 1. The van der Waals surface area contributed by atoms with E-state index in [2.05, 4.69) is 10.3 Å². The van der Waals surface area contributed by atoms with Gasteiger partial charge in [-0.3, -0.25) is 4.98 Å². The summed E-state index contributed by atoms with van der Waals surface area (Å²) >= 11 is 5.23. The summed E-state index contributed by atoms with van der Waals surface area (Å²) in [4.78, 5) is 4.79. The van der Waals surface area contributed by atoms with Crippen LogP contribution >= 0.6 is 12.2 Å². The van der Waals surface area contributed by atoms with Crippen molar-refractivity contribution in [1.29, 1.82) is 0 Å². The van der Waals surface area contributed by atoms with Crippen LogP contribution in [0.5, 0.6) is 0 Å². The maximum atomic E-state index is 5.23. The molecule has 0 bridgehead atoms. The fraction of sp³-hybridized carbons (Fsp3) is 0.400. The van der Waals surface area contributed by atoms with E-state index in [1.807, 2.05) is 12.1 Å². The van der Waals surface area contributed by atoms with E-state index >= 15 is 0 Å². The Labute approximate surface area is 83.4 Å². The summed E-state index contributed by atoms with van der Waals surface area (Å²) in [6, 6.07) is 3.87. The van der Waals surface area contributed by atoms with Crippen LogP contribution in [-0.4, -0.2) is 16.5 Å². The zero-order valence-corrected chi connectivity index (χ0v) is 8.18. The van der Waals surface area contributed by atoms with E-state index in [1.165, 1.54) is 12.8 Å². The van der Waals surface area contributed by atoms with Gasteiger partial charge in [-0.25, -0.2) is 0 Å². The summed E-state index contributed by atoms with van der Waals surface area (Å²) < 4.78 is 0. The van der Waals surface area contributed by atoms with Crippen molar-refractivity contribution >= 4 is 17.2 Å². The van der Waals surface area contributed by atoms with Crippen LogP contribution < -0.4 is 5.32 Å². The standard InChI is InChI=1S/C10H12N2S/c13-10(12-7-8-1-2-8)9-3-5-11-6-4-9/h3-6,8H,1-2,7H2,(H,12,13). The predicted octanol–water partition coefficient (Wildman–Crippen LogP) is 1.76. The predicted molar refractivity (Wildman–Crippen MR) is 56.7 cm³/mol. The van der Waals surface area contributed by atoms with Crippen molar-refractivity contribution in [2.24, 2.45) is 5.92 Å². The third kappa shape index (κ3) is 2.49. The molecular weight excluding hydrogens is 180 g/mol. The average Bonchev–Trinajstić information content (AvgIpc) is 2.99. The molecule has 13 heavy (non-hydrogen) atoms. The van der Waals surface area contributed by atoms with Crippen molar-refractivity contribution in [2.45, 2.75) is 12.8 Å². The second-order valence-corrected chi connectivity index (χ2v) is 3.80. The van der Waals surface area contributed by atoms with Crippen LogP contribution in [0, 0.1) is 5.92 Å². The second kappa shape index (κ2) is 3.83. The Hall–Kier alpha value is -0.960. The Bertz CT molecular complexity index is 293. The molecule has 0 aromatic carbocycles. The van der Waals surface area contributed by atoms with E-state index in [1.54, 1.807) is 12.4 Å². The highest BCUT2D eigenvalue weighted by atomic mass is 32.1. The molecule has 1 aromatic heterocycles. The Morgan fingerprint density at radius 3 is 2.77 bits per heavy atom. The summed E-state index contributed by atoms with van der Waals surface area (Å²) in [6.07, 6.45) is 6.23. The molecule has 0 saturated heterocycles. The molecule has 2 rings (SSSR count). The van der Waals surface area contributed by atoms with E-state index in [9.17, 15) is 0 Å². The van der Waals surface area contributed by atoms with Crippen molar-refractivity contribution in [3.05, 3.63) is 30.1 Å². The fourth-order valence-corrected chi connectivity index (χ4v) is 1.38. The minimum atomic E-state index is 0.842. The van der Waals surface area contributed by atoms with E-state index in [-0.39, 0.29) is 0 Å². The number of pyridine rings is 1. The molecule has 1 aromatic rings. The van der Waals surface area contributed by atoms with E-state index in [0.29, 0.717) is 0 Å². The lowest BCUT2D eigenvalue weighted by molar-refractivity contribution is 0.779. The molecule has 1 aliphatic carbocycles. The molecule has 1 aliphatic rings. The minimum Gasteiger partial charge on any atom is -0.376 e. The van der Waals surface area contributed by atoms with Crippen molar-refractivity contribution in [2.75, 3.05) is 6.54 Å². The molecule has 1 fully saturated rings. The Kier molecular flexibility index (Phi) is 2.54. The molecule has 2 nitrogen and oxygen atoms in total. The van der Waals surface area contributed by atoms with E-state index in [4.69, 9.17) is 12.2 Å². The van der Waals surface area contributed by atoms with Gasteiger partial charge in [-0.05, 0) is 30.9 Å². The Morgan fingerprint density at radius 1 is 1.46 bits per heavy atom. The van der Waals surface area contributed by atoms with Crippen LogP contribution in [0.2, 0.25) is 0 Å². The molecule has 0 aliphatic heterocycles. The quantitative estimate of drug-likeness (QED) is 0.739. The van der Waals surface area contributed by atoms with Gasteiger partial charge in [0.1, 0.15) is 4.99 Å². The first-order valence-corrected chi connectivity index (χ1v) is 4.95. The monoisotopic (exact) mass is 192 g/mol. The number of thiocarbonyl (C=S) groups is 1. The van der Waals surface area contributed by atoms with Gasteiger partial charge in [-0.1, -0.05) is 12.2 Å². The molecular formula is C10H12N2S. The lowest BCUT2D eigenvalue weighted by atomic mass is 10.2. The van der Waals surface area contributed by atoms with Crippen molar-refractivity contribution in [3.63, 3.8) is 0 Å². The van der Waals surface area contributed by atoms with Gasteiger partial charge in [0, 0.05) is 24.5 Å². The number of hydrogen-bond donors (Lipinski definition) is 1. The highest BCUT2D eigenvalue weighted by Crippen LogP contribution is 2.27. The SMILES string of the molecule is S=C(NCC1CC1)c1ccncc1. The van der Waals surface area contributed by atoms with Crippen molar-refractivity contribution in [1.82, 2.24) is 10.3 Å². The van der Waals surface area contributed by atoms with E-state index < -0.39 is 0 Å². The lowest BCUT2D eigenvalue weighted by Gasteiger charge is -2.05. The molecule has 0 atom stereocenters. The number of nitrogens with one attached hydrogen (secondary N) is 1. The summed E-state index contributed by atoms with van der Waals surface area (Å²) in [5, 5.41) is 3.26. The lowest BCUT2D eigenvalue weighted by Crippen LogP contribution is -2.24. The number of nitrogens with zero attached hydrogens (tertiary/aromatic N) is 1. The minimum absolute atomic E-state index is 0.842. The molecule has 1 N–H and O–H groups in total. The van der Waals surface area contributed by atoms with Crippen molar-refractivity contribution < 1.29 is 0 Å². The van der Waals surface area contributed by atoms with Crippen LogP contribution in [0.15, 0.2) is 24.5 Å². The van der Waals surface area contributed by atoms with Gasteiger partial charge in [-0.15, -0.1) is 0 Å². The molecule has 0 unspecified atom stereocenters. The first kappa shape index (κ1) is 8.63. The molecule has 0 amide bonds. The van der Waals surface area contributed by atoms with Gasteiger partial charge in [0.05, 0.1) is 0 Å². The average molecular weight is 192 g/mol. The van der Waals surface area contributed by atoms with Gasteiger partial charge < -0.3 is 5.32 Å². The largest absolute Gasteiger partial charge is 0.376 e. The molecule has 0 radical (unpaired) electrons.